The Balaban J connectivity index is 2.33. The maximum Gasteiger partial charge on any atom is 0.323 e. The molecule has 0 amide bonds. The van der Waals surface area contributed by atoms with Gasteiger partial charge in [-0.25, -0.2) is 4.98 Å². The molecule has 0 aliphatic carbocycles. The van der Waals surface area contributed by atoms with Gasteiger partial charge in [-0.1, -0.05) is 34.8 Å². The van der Waals surface area contributed by atoms with Crippen LogP contribution in [0.5, 0.6) is 0 Å². The number of nitrogens with zero attached hydrogens (tertiary/aromatic N) is 2. The number of hydrogen-bond acceptors (Lipinski definition) is 3. The zero-order valence-electron chi connectivity index (χ0n) is 10.3. The van der Waals surface area contributed by atoms with Crippen LogP contribution in [0, 0.1) is 0 Å². The Hall–Kier alpha value is -1.27. The third-order valence-corrected chi connectivity index (χ3v) is 4.96. The van der Waals surface area contributed by atoms with E-state index in [2.05, 4.69) is 4.98 Å². The molecular weight excluding hydrogens is 355 g/mol. The predicted molar refractivity (Wildman–Crippen MR) is 85.7 cm³/mol. The number of aromatic nitrogens is 2. The molecule has 2 heterocycles. The van der Waals surface area contributed by atoms with Crippen LogP contribution in [-0.4, -0.2) is 20.6 Å². The monoisotopic (exact) mass is 360 g/mol. The van der Waals surface area contributed by atoms with Gasteiger partial charge in [0.25, 0.3) is 0 Å². The van der Waals surface area contributed by atoms with Crippen molar-refractivity contribution in [2.75, 3.05) is 0 Å². The van der Waals surface area contributed by atoms with Gasteiger partial charge in [-0.05, 0) is 23.6 Å². The fraction of sp³-hybridized carbons (Fsp3) is 0.0769. The lowest BCUT2D eigenvalue weighted by Crippen LogP contribution is -2.09. The molecule has 0 fully saturated rings. The quantitative estimate of drug-likeness (QED) is 0.728. The molecule has 0 saturated carbocycles. The fourth-order valence-corrected chi connectivity index (χ4v) is 3.50. The van der Waals surface area contributed by atoms with E-state index in [1.54, 1.807) is 22.8 Å². The number of carboxylic acid groups (broad SMARTS) is 1. The van der Waals surface area contributed by atoms with Gasteiger partial charge in [-0.3, -0.25) is 4.79 Å². The summed E-state index contributed by atoms with van der Waals surface area (Å²) in [5.41, 5.74) is 1.18. The predicted octanol–water partition coefficient (Wildman–Crippen LogP) is 4.81. The average Bonchev–Trinajstić information content (AvgIpc) is 2.95. The van der Waals surface area contributed by atoms with E-state index in [0.717, 1.165) is 0 Å². The molecular formula is C13H7Cl3N2O2S. The lowest BCUT2D eigenvalue weighted by atomic mass is 10.3. The molecule has 2 aromatic heterocycles. The summed E-state index contributed by atoms with van der Waals surface area (Å²) < 4.78 is 1.57. The molecule has 0 bridgehead atoms. The van der Waals surface area contributed by atoms with Crippen LogP contribution in [0.2, 0.25) is 15.1 Å². The summed E-state index contributed by atoms with van der Waals surface area (Å²) in [6, 6.07) is 4.97. The zero-order chi connectivity index (χ0) is 15.1. The number of benzene rings is 1. The minimum Gasteiger partial charge on any atom is -0.480 e. The molecule has 0 spiro atoms. The smallest absolute Gasteiger partial charge is 0.323 e. The standard InChI is InChI=1S/C13H7Cl3N2O2S/c14-6-1-2-21-12(6)13-17-9-3-7(15)8(16)4-10(9)18(13)5-11(19)20/h1-4H,5H2,(H,19,20). The van der Waals surface area contributed by atoms with Gasteiger partial charge in [0.15, 0.2) is 5.82 Å². The van der Waals surface area contributed by atoms with E-state index in [9.17, 15) is 4.79 Å². The fourth-order valence-electron chi connectivity index (χ4n) is 2.04. The second-order valence-electron chi connectivity index (χ2n) is 4.27. The summed E-state index contributed by atoms with van der Waals surface area (Å²) in [6.45, 7) is -0.238. The molecule has 0 aliphatic heterocycles. The molecule has 0 aliphatic rings. The van der Waals surface area contributed by atoms with Crippen molar-refractivity contribution >= 4 is 63.1 Å². The van der Waals surface area contributed by atoms with Crippen molar-refractivity contribution in [3.63, 3.8) is 0 Å². The summed E-state index contributed by atoms with van der Waals surface area (Å²) in [4.78, 5) is 16.3. The Bertz CT molecular complexity index is 857. The van der Waals surface area contributed by atoms with Crippen LogP contribution in [0.3, 0.4) is 0 Å². The largest absolute Gasteiger partial charge is 0.480 e. The minimum absolute atomic E-state index is 0.238. The van der Waals surface area contributed by atoms with Gasteiger partial charge < -0.3 is 9.67 Å². The Morgan fingerprint density at radius 3 is 2.57 bits per heavy atom. The van der Waals surface area contributed by atoms with Crippen molar-refractivity contribution in [1.29, 1.82) is 0 Å². The van der Waals surface area contributed by atoms with E-state index in [0.29, 0.717) is 36.8 Å². The summed E-state index contributed by atoms with van der Waals surface area (Å²) >= 11 is 19.5. The van der Waals surface area contributed by atoms with Crippen LogP contribution in [-0.2, 0) is 11.3 Å². The first-order chi connectivity index (χ1) is 9.97. The van der Waals surface area contributed by atoms with Crippen molar-refractivity contribution in [3.05, 3.63) is 38.6 Å². The van der Waals surface area contributed by atoms with E-state index in [-0.39, 0.29) is 6.54 Å². The van der Waals surface area contributed by atoms with Crippen LogP contribution in [0.1, 0.15) is 0 Å². The summed E-state index contributed by atoms with van der Waals surface area (Å²) in [5, 5.41) is 12.2. The molecule has 3 aromatic rings. The molecule has 108 valence electrons. The number of halogens is 3. The third-order valence-electron chi connectivity index (χ3n) is 2.90. The van der Waals surface area contributed by atoms with Crippen LogP contribution >= 0.6 is 46.1 Å². The molecule has 0 saturated heterocycles. The summed E-state index contributed by atoms with van der Waals surface area (Å²) in [5.74, 6) is -0.486. The van der Waals surface area contributed by atoms with Crippen LogP contribution < -0.4 is 0 Å². The van der Waals surface area contributed by atoms with E-state index in [4.69, 9.17) is 39.9 Å². The van der Waals surface area contributed by atoms with Crippen molar-refractivity contribution < 1.29 is 9.90 Å². The molecule has 4 nitrogen and oxygen atoms in total. The van der Waals surface area contributed by atoms with Crippen LogP contribution in [0.4, 0.5) is 0 Å². The summed E-state index contributed by atoms with van der Waals surface area (Å²) in [7, 11) is 0. The van der Waals surface area contributed by atoms with E-state index in [1.165, 1.54) is 11.3 Å². The van der Waals surface area contributed by atoms with E-state index in [1.807, 2.05) is 5.38 Å². The highest BCUT2D eigenvalue weighted by Gasteiger charge is 2.19. The Kier molecular flexibility index (Phi) is 3.84. The molecule has 21 heavy (non-hydrogen) atoms. The first kappa shape index (κ1) is 14.7. The lowest BCUT2D eigenvalue weighted by Gasteiger charge is -2.05. The van der Waals surface area contributed by atoms with Crippen LogP contribution in [0.25, 0.3) is 21.7 Å². The molecule has 0 radical (unpaired) electrons. The van der Waals surface area contributed by atoms with Gasteiger partial charge in [0.1, 0.15) is 6.54 Å². The van der Waals surface area contributed by atoms with Crippen molar-refractivity contribution in [2.24, 2.45) is 0 Å². The SMILES string of the molecule is O=C(O)Cn1c(-c2sccc2Cl)nc2cc(Cl)c(Cl)cc21. The maximum atomic E-state index is 11.1. The van der Waals surface area contributed by atoms with Crippen molar-refractivity contribution in [1.82, 2.24) is 9.55 Å². The Morgan fingerprint density at radius 1 is 1.24 bits per heavy atom. The topological polar surface area (TPSA) is 55.1 Å². The lowest BCUT2D eigenvalue weighted by molar-refractivity contribution is -0.137. The van der Waals surface area contributed by atoms with Gasteiger partial charge in [0.2, 0.25) is 0 Å². The van der Waals surface area contributed by atoms with Gasteiger partial charge in [-0.2, -0.15) is 0 Å². The highest BCUT2D eigenvalue weighted by molar-refractivity contribution is 7.14. The molecule has 1 aromatic carbocycles. The number of fused-ring (bicyclic) bond motifs is 1. The molecule has 0 unspecified atom stereocenters. The van der Waals surface area contributed by atoms with Crippen molar-refractivity contribution in [2.45, 2.75) is 6.54 Å². The number of thiophene rings is 1. The first-order valence-electron chi connectivity index (χ1n) is 5.78. The maximum absolute atomic E-state index is 11.1. The van der Waals surface area contributed by atoms with Gasteiger partial charge in [0, 0.05) is 0 Å². The molecule has 0 atom stereocenters. The number of imidazole rings is 1. The zero-order valence-corrected chi connectivity index (χ0v) is 13.4. The van der Waals surface area contributed by atoms with E-state index >= 15 is 0 Å². The molecule has 3 rings (SSSR count). The normalized spacial score (nSPS) is 11.2. The second-order valence-corrected chi connectivity index (χ2v) is 6.41. The number of hydrogen-bond donors (Lipinski definition) is 1. The Labute approximate surface area is 138 Å². The van der Waals surface area contributed by atoms with Gasteiger partial charge >= 0.3 is 5.97 Å². The van der Waals surface area contributed by atoms with Crippen molar-refractivity contribution in [3.8, 4) is 10.7 Å². The number of aliphatic carboxylic acids is 1. The molecule has 1 N–H and O–H groups in total. The van der Waals surface area contributed by atoms with Crippen LogP contribution in [0.15, 0.2) is 23.6 Å². The minimum atomic E-state index is -0.977. The molecule has 8 heteroatoms. The Morgan fingerprint density at radius 2 is 1.95 bits per heavy atom. The number of carboxylic acids is 1. The van der Waals surface area contributed by atoms with E-state index < -0.39 is 5.97 Å². The highest BCUT2D eigenvalue weighted by Crippen LogP contribution is 2.36. The third kappa shape index (κ3) is 2.62. The highest BCUT2D eigenvalue weighted by atomic mass is 35.5. The summed E-state index contributed by atoms with van der Waals surface area (Å²) in [6.07, 6.45) is 0. The van der Waals surface area contributed by atoms with Gasteiger partial charge in [0.05, 0.1) is 31.0 Å². The number of rotatable bonds is 3. The average molecular weight is 362 g/mol. The second kappa shape index (κ2) is 5.50. The van der Waals surface area contributed by atoms with Gasteiger partial charge in [-0.15, -0.1) is 11.3 Å². The first-order valence-corrected chi connectivity index (χ1v) is 7.79. The number of carbonyl (C=O) groups is 1.